The summed E-state index contributed by atoms with van der Waals surface area (Å²) < 4.78 is 1.70. The molecule has 69 valence electrons. The molecule has 0 fully saturated rings. The van der Waals surface area contributed by atoms with Gasteiger partial charge in [-0.05, 0) is 5.56 Å². The average Bonchev–Trinajstić information content (AvgIpc) is 2.67. The first-order valence-corrected chi connectivity index (χ1v) is 4.32. The minimum absolute atomic E-state index is 0.411. The fourth-order valence-corrected chi connectivity index (χ4v) is 1.29. The van der Waals surface area contributed by atoms with Crippen molar-refractivity contribution >= 4 is 6.29 Å². The van der Waals surface area contributed by atoms with Gasteiger partial charge in [-0.3, -0.25) is 4.79 Å². The molecule has 0 bridgehead atoms. The topological polar surface area (TPSA) is 34.9 Å². The first kappa shape index (κ1) is 8.69. The van der Waals surface area contributed by atoms with Crippen molar-refractivity contribution in [2.24, 2.45) is 0 Å². The predicted molar refractivity (Wildman–Crippen MR) is 52.0 cm³/mol. The normalized spacial score (nSPS) is 10.0. The van der Waals surface area contributed by atoms with Crippen molar-refractivity contribution in [1.82, 2.24) is 9.55 Å². The van der Waals surface area contributed by atoms with Crippen molar-refractivity contribution in [2.45, 2.75) is 6.54 Å². The Hall–Kier alpha value is -1.90. The predicted octanol–water partition coefficient (Wildman–Crippen LogP) is 1.54. The summed E-state index contributed by atoms with van der Waals surface area (Å²) in [7, 11) is 0. The van der Waals surface area contributed by atoms with Crippen LogP contribution < -0.4 is 0 Å². The highest BCUT2D eigenvalue weighted by molar-refractivity contribution is 5.69. The zero-order valence-electron chi connectivity index (χ0n) is 7.55. The van der Waals surface area contributed by atoms with Gasteiger partial charge < -0.3 is 4.57 Å². The molecule has 0 N–H and O–H groups in total. The molecule has 1 heterocycles. The number of nitrogens with zero attached hydrogens (tertiary/aromatic N) is 2. The Morgan fingerprint density at radius 2 is 2.14 bits per heavy atom. The van der Waals surface area contributed by atoms with Crippen LogP contribution in [0.25, 0.3) is 0 Å². The lowest BCUT2D eigenvalue weighted by Crippen LogP contribution is -2.03. The van der Waals surface area contributed by atoms with Crippen LogP contribution in [0.3, 0.4) is 0 Å². The summed E-state index contributed by atoms with van der Waals surface area (Å²) in [5.41, 5.74) is 1.13. The number of rotatable bonds is 3. The van der Waals surface area contributed by atoms with E-state index >= 15 is 0 Å². The van der Waals surface area contributed by atoms with Gasteiger partial charge in [0.05, 0.1) is 12.4 Å². The largest absolute Gasteiger partial charge is 0.316 e. The molecule has 2 aromatic rings. The SMILES string of the molecule is O=Cc1nc[c]n1Cc1ccccc1. The van der Waals surface area contributed by atoms with Crippen LogP contribution in [-0.2, 0) is 6.54 Å². The maximum atomic E-state index is 10.6. The zero-order valence-corrected chi connectivity index (χ0v) is 7.55. The van der Waals surface area contributed by atoms with Gasteiger partial charge in [0.1, 0.15) is 0 Å². The summed E-state index contributed by atoms with van der Waals surface area (Å²) in [6.45, 7) is 0.634. The molecule has 1 aromatic heterocycles. The van der Waals surface area contributed by atoms with E-state index in [1.165, 1.54) is 6.20 Å². The summed E-state index contributed by atoms with van der Waals surface area (Å²) in [6.07, 6.45) is 5.12. The second-order valence-corrected chi connectivity index (χ2v) is 2.94. The highest BCUT2D eigenvalue weighted by Gasteiger charge is 2.01. The van der Waals surface area contributed by atoms with Crippen LogP contribution in [0, 0.1) is 6.20 Å². The smallest absolute Gasteiger partial charge is 0.185 e. The Morgan fingerprint density at radius 1 is 1.36 bits per heavy atom. The van der Waals surface area contributed by atoms with Gasteiger partial charge in [-0.1, -0.05) is 30.3 Å². The molecule has 3 heteroatoms. The van der Waals surface area contributed by atoms with Crippen LogP contribution in [0.2, 0.25) is 0 Å². The minimum Gasteiger partial charge on any atom is -0.316 e. The second kappa shape index (κ2) is 3.87. The van der Waals surface area contributed by atoms with E-state index in [-0.39, 0.29) is 0 Å². The van der Waals surface area contributed by atoms with E-state index in [4.69, 9.17) is 0 Å². The van der Waals surface area contributed by atoms with E-state index < -0.39 is 0 Å². The molecular formula is C11H9N2O. The summed E-state index contributed by atoms with van der Waals surface area (Å²) in [5.74, 6) is 0.411. The van der Waals surface area contributed by atoms with E-state index in [1.807, 2.05) is 30.3 Å². The second-order valence-electron chi connectivity index (χ2n) is 2.94. The van der Waals surface area contributed by atoms with Crippen molar-refractivity contribution in [3.05, 3.63) is 54.1 Å². The molecule has 0 aliphatic carbocycles. The van der Waals surface area contributed by atoms with Crippen LogP contribution in [0.4, 0.5) is 0 Å². The zero-order chi connectivity index (χ0) is 9.80. The maximum Gasteiger partial charge on any atom is 0.185 e. The minimum atomic E-state index is 0.411. The lowest BCUT2D eigenvalue weighted by molar-refractivity contribution is 0.111. The molecule has 14 heavy (non-hydrogen) atoms. The Bertz CT molecular complexity index is 420. The van der Waals surface area contributed by atoms with Crippen LogP contribution in [0.1, 0.15) is 16.2 Å². The Labute approximate surface area is 82.0 Å². The lowest BCUT2D eigenvalue weighted by Gasteiger charge is -2.02. The number of hydrogen-bond acceptors (Lipinski definition) is 2. The quantitative estimate of drug-likeness (QED) is 0.680. The summed E-state index contributed by atoms with van der Waals surface area (Å²) >= 11 is 0. The van der Waals surface area contributed by atoms with E-state index in [9.17, 15) is 4.79 Å². The number of aldehydes is 1. The van der Waals surface area contributed by atoms with Crippen molar-refractivity contribution in [1.29, 1.82) is 0 Å². The molecule has 0 aliphatic heterocycles. The molecule has 0 saturated carbocycles. The standard InChI is InChI=1S/C11H9N2O/c14-9-11-12-6-7-13(11)8-10-4-2-1-3-5-10/h1-6,9H,8H2. The third kappa shape index (κ3) is 1.71. The molecule has 0 unspecified atom stereocenters. The number of carbonyl (C=O) groups excluding carboxylic acids is 1. The van der Waals surface area contributed by atoms with Crippen LogP contribution in [0.5, 0.6) is 0 Å². The molecule has 1 radical (unpaired) electrons. The van der Waals surface area contributed by atoms with Gasteiger partial charge in [-0.25, -0.2) is 4.98 Å². The van der Waals surface area contributed by atoms with Crippen LogP contribution in [0.15, 0.2) is 36.5 Å². The van der Waals surface area contributed by atoms with Crippen molar-refractivity contribution < 1.29 is 4.79 Å². The molecule has 0 spiro atoms. The lowest BCUT2D eigenvalue weighted by atomic mass is 10.2. The van der Waals surface area contributed by atoms with Gasteiger partial charge in [0.15, 0.2) is 12.1 Å². The Balaban J connectivity index is 2.23. The third-order valence-corrected chi connectivity index (χ3v) is 1.98. The van der Waals surface area contributed by atoms with Gasteiger partial charge in [0, 0.05) is 6.54 Å². The molecule has 3 nitrogen and oxygen atoms in total. The third-order valence-electron chi connectivity index (χ3n) is 1.98. The fraction of sp³-hybridized carbons (Fsp3) is 0.0909. The van der Waals surface area contributed by atoms with Crippen LogP contribution >= 0.6 is 0 Å². The molecule has 0 aliphatic rings. The Kier molecular flexibility index (Phi) is 2.40. The number of hydrogen-bond donors (Lipinski definition) is 0. The van der Waals surface area contributed by atoms with Gasteiger partial charge >= 0.3 is 0 Å². The average molecular weight is 185 g/mol. The fourth-order valence-electron chi connectivity index (χ4n) is 1.29. The summed E-state index contributed by atoms with van der Waals surface area (Å²) in [5, 5.41) is 0. The summed E-state index contributed by atoms with van der Waals surface area (Å²) in [6, 6.07) is 9.90. The first-order valence-electron chi connectivity index (χ1n) is 4.32. The van der Waals surface area contributed by atoms with Crippen molar-refractivity contribution in [3.63, 3.8) is 0 Å². The van der Waals surface area contributed by atoms with E-state index in [2.05, 4.69) is 11.2 Å². The van der Waals surface area contributed by atoms with Gasteiger partial charge in [-0.15, -0.1) is 0 Å². The first-order chi connectivity index (χ1) is 6.90. The van der Waals surface area contributed by atoms with Crippen molar-refractivity contribution in [3.8, 4) is 0 Å². The molecular weight excluding hydrogens is 176 g/mol. The molecule has 1 aromatic carbocycles. The van der Waals surface area contributed by atoms with Gasteiger partial charge in [-0.2, -0.15) is 0 Å². The number of carbonyl (C=O) groups is 1. The molecule has 0 amide bonds. The number of benzene rings is 1. The van der Waals surface area contributed by atoms with Crippen LogP contribution in [-0.4, -0.2) is 15.8 Å². The van der Waals surface area contributed by atoms with E-state index in [0.717, 1.165) is 11.8 Å². The maximum absolute atomic E-state index is 10.6. The molecule has 0 atom stereocenters. The van der Waals surface area contributed by atoms with E-state index in [1.54, 1.807) is 4.57 Å². The van der Waals surface area contributed by atoms with E-state index in [0.29, 0.717) is 12.4 Å². The van der Waals surface area contributed by atoms with Crippen molar-refractivity contribution in [2.75, 3.05) is 0 Å². The summed E-state index contributed by atoms with van der Waals surface area (Å²) in [4.78, 5) is 14.4. The molecule has 2 rings (SSSR count). The Morgan fingerprint density at radius 3 is 2.86 bits per heavy atom. The molecule has 0 saturated heterocycles. The van der Waals surface area contributed by atoms with Gasteiger partial charge in [0.25, 0.3) is 0 Å². The highest BCUT2D eigenvalue weighted by atomic mass is 16.1. The van der Waals surface area contributed by atoms with Gasteiger partial charge in [0.2, 0.25) is 0 Å². The number of aromatic nitrogens is 2. The number of imidazole rings is 1. The highest BCUT2D eigenvalue weighted by Crippen LogP contribution is 2.03. The monoisotopic (exact) mass is 185 g/mol.